The predicted molar refractivity (Wildman–Crippen MR) is 79.9 cm³/mol. The van der Waals surface area contributed by atoms with Crippen molar-refractivity contribution < 1.29 is 19.4 Å². The zero-order valence-corrected chi connectivity index (χ0v) is 12.1. The second-order valence-corrected chi connectivity index (χ2v) is 4.81. The van der Waals surface area contributed by atoms with Gasteiger partial charge in [-0.1, -0.05) is 35.9 Å². The highest BCUT2D eigenvalue weighted by Crippen LogP contribution is 2.21. The Balaban J connectivity index is 2.11. The lowest BCUT2D eigenvalue weighted by Gasteiger charge is -2.16. The van der Waals surface area contributed by atoms with Gasteiger partial charge in [0, 0.05) is 12.5 Å². The Morgan fingerprint density at radius 1 is 1.14 bits per heavy atom. The van der Waals surface area contributed by atoms with Gasteiger partial charge in [-0.2, -0.15) is 0 Å². The van der Waals surface area contributed by atoms with Crippen molar-refractivity contribution in [3.8, 4) is 11.5 Å². The van der Waals surface area contributed by atoms with E-state index in [0.717, 1.165) is 11.1 Å². The molecular weight excluding hydrogens is 268 g/mol. The molecule has 0 saturated heterocycles. The number of aryl methyl sites for hydroxylation is 1. The highest BCUT2D eigenvalue weighted by atomic mass is 16.5. The molecule has 0 saturated carbocycles. The molecule has 0 spiro atoms. The maximum Gasteiger partial charge on any atom is 0.345 e. The molecule has 2 aromatic carbocycles. The molecule has 0 fully saturated rings. The van der Waals surface area contributed by atoms with Crippen molar-refractivity contribution in [2.24, 2.45) is 0 Å². The summed E-state index contributed by atoms with van der Waals surface area (Å²) >= 11 is 0. The largest absolute Gasteiger partial charge is 0.497 e. The molecule has 0 aromatic heterocycles. The van der Waals surface area contributed by atoms with Crippen LogP contribution < -0.4 is 9.47 Å². The number of hydrogen-bond acceptors (Lipinski definition) is 3. The van der Waals surface area contributed by atoms with Gasteiger partial charge in [-0.25, -0.2) is 4.79 Å². The van der Waals surface area contributed by atoms with Gasteiger partial charge in [0.25, 0.3) is 0 Å². The van der Waals surface area contributed by atoms with Gasteiger partial charge in [-0.05, 0) is 24.6 Å². The van der Waals surface area contributed by atoms with E-state index in [1.807, 2.05) is 31.2 Å². The molecule has 4 nitrogen and oxygen atoms in total. The maximum atomic E-state index is 11.4. The SMILES string of the molecule is COc1cccc(O[C@@H](Cc2ccc(C)cc2)C(=O)O)c1. The summed E-state index contributed by atoms with van der Waals surface area (Å²) in [4.78, 5) is 11.4. The number of benzene rings is 2. The van der Waals surface area contributed by atoms with Crippen molar-refractivity contribution in [2.75, 3.05) is 7.11 Å². The Kier molecular flexibility index (Phi) is 4.82. The Hall–Kier alpha value is -2.49. The zero-order chi connectivity index (χ0) is 15.2. The quantitative estimate of drug-likeness (QED) is 0.886. The van der Waals surface area contributed by atoms with Crippen molar-refractivity contribution in [3.05, 3.63) is 59.7 Å². The van der Waals surface area contributed by atoms with E-state index in [1.54, 1.807) is 31.4 Å². The van der Waals surface area contributed by atoms with Crippen LogP contribution in [0.1, 0.15) is 11.1 Å². The van der Waals surface area contributed by atoms with E-state index in [0.29, 0.717) is 17.9 Å². The molecule has 0 aliphatic carbocycles. The predicted octanol–water partition coefficient (Wildman–Crippen LogP) is 3.08. The van der Waals surface area contributed by atoms with Crippen LogP contribution in [0.15, 0.2) is 48.5 Å². The summed E-state index contributed by atoms with van der Waals surface area (Å²) in [7, 11) is 1.56. The van der Waals surface area contributed by atoms with Crippen LogP contribution in [0.4, 0.5) is 0 Å². The summed E-state index contributed by atoms with van der Waals surface area (Å²) in [6.07, 6.45) is -0.618. The summed E-state index contributed by atoms with van der Waals surface area (Å²) in [5.41, 5.74) is 2.07. The van der Waals surface area contributed by atoms with E-state index in [9.17, 15) is 9.90 Å². The van der Waals surface area contributed by atoms with Gasteiger partial charge < -0.3 is 14.6 Å². The normalized spacial score (nSPS) is 11.7. The summed E-state index contributed by atoms with van der Waals surface area (Å²) < 4.78 is 10.7. The first-order valence-corrected chi connectivity index (χ1v) is 6.67. The molecular formula is C17H18O4. The molecule has 0 bridgehead atoms. The number of aliphatic carboxylic acids is 1. The summed E-state index contributed by atoms with van der Waals surface area (Å²) in [5, 5.41) is 9.32. The molecule has 2 aromatic rings. The molecule has 1 atom stereocenters. The van der Waals surface area contributed by atoms with Gasteiger partial charge in [0.2, 0.25) is 0 Å². The van der Waals surface area contributed by atoms with Crippen molar-refractivity contribution in [1.29, 1.82) is 0 Å². The van der Waals surface area contributed by atoms with Crippen LogP contribution in [0.25, 0.3) is 0 Å². The van der Waals surface area contributed by atoms with E-state index >= 15 is 0 Å². The molecule has 110 valence electrons. The fourth-order valence-electron chi connectivity index (χ4n) is 1.96. The lowest BCUT2D eigenvalue weighted by Crippen LogP contribution is -2.29. The van der Waals surface area contributed by atoms with Crippen molar-refractivity contribution in [2.45, 2.75) is 19.4 Å². The van der Waals surface area contributed by atoms with Crippen LogP contribution in [0.3, 0.4) is 0 Å². The minimum Gasteiger partial charge on any atom is -0.497 e. The minimum absolute atomic E-state index is 0.312. The summed E-state index contributed by atoms with van der Waals surface area (Å²) in [6, 6.07) is 14.7. The first-order chi connectivity index (χ1) is 10.1. The lowest BCUT2D eigenvalue weighted by atomic mass is 10.1. The van der Waals surface area contributed by atoms with Gasteiger partial charge in [0.05, 0.1) is 7.11 Å². The number of carboxylic acid groups (broad SMARTS) is 1. The Labute approximate surface area is 123 Å². The topological polar surface area (TPSA) is 55.8 Å². The van der Waals surface area contributed by atoms with Crippen molar-refractivity contribution >= 4 is 5.97 Å². The minimum atomic E-state index is -0.988. The molecule has 1 N–H and O–H groups in total. The van der Waals surface area contributed by atoms with E-state index in [-0.39, 0.29) is 0 Å². The Bertz CT molecular complexity index is 604. The van der Waals surface area contributed by atoms with Gasteiger partial charge in [-0.15, -0.1) is 0 Å². The highest BCUT2D eigenvalue weighted by Gasteiger charge is 2.20. The molecule has 0 amide bonds. The number of methoxy groups -OCH3 is 1. The van der Waals surface area contributed by atoms with Crippen LogP contribution >= 0.6 is 0 Å². The third kappa shape index (κ3) is 4.24. The average Bonchev–Trinajstić information content (AvgIpc) is 2.49. The van der Waals surface area contributed by atoms with Crippen molar-refractivity contribution in [3.63, 3.8) is 0 Å². The van der Waals surface area contributed by atoms with Crippen LogP contribution in [0.2, 0.25) is 0 Å². The van der Waals surface area contributed by atoms with Crippen LogP contribution in [-0.4, -0.2) is 24.3 Å². The molecule has 2 rings (SSSR count). The molecule has 21 heavy (non-hydrogen) atoms. The Morgan fingerprint density at radius 3 is 2.43 bits per heavy atom. The van der Waals surface area contributed by atoms with Gasteiger partial charge >= 0.3 is 5.97 Å². The highest BCUT2D eigenvalue weighted by molar-refractivity contribution is 5.73. The summed E-state index contributed by atoms with van der Waals surface area (Å²) in [6.45, 7) is 1.99. The third-order valence-corrected chi connectivity index (χ3v) is 3.14. The van der Waals surface area contributed by atoms with E-state index < -0.39 is 12.1 Å². The molecule has 0 radical (unpaired) electrons. The molecule has 0 heterocycles. The third-order valence-electron chi connectivity index (χ3n) is 3.14. The number of carboxylic acids is 1. The van der Waals surface area contributed by atoms with E-state index in [2.05, 4.69) is 0 Å². The van der Waals surface area contributed by atoms with Crippen LogP contribution in [0, 0.1) is 6.92 Å². The fraction of sp³-hybridized carbons (Fsp3) is 0.235. The number of rotatable bonds is 6. The van der Waals surface area contributed by atoms with E-state index in [1.165, 1.54) is 0 Å². The van der Waals surface area contributed by atoms with E-state index in [4.69, 9.17) is 9.47 Å². The standard InChI is InChI=1S/C17H18O4/c1-12-6-8-13(9-7-12)10-16(17(18)19)21-15-5-3-4-14(11-15)20-2/h3-9,11,16H,10H2,1-2H3,(H,18,19)/t16-/m0/s1. The van der Waals surface area contributed by atoms with Crippen LogP contribution in [0.5, 0.6) is 11.5 Å². The molecule has 0 aliphatic rings. The monoisotopic (exact) mass is 286 g/mol. The first-order valence-electron chi connectivity index (χ1n) is 6.67. The van der Waals surface area contributed by atoms with Gasteiger partial charge in [-0.3, -0.25) is 0 Å². The Morgan fingerprint density at radius 2 is 1.81 bits per heavy atom. The molecule has 0 unspecified atom stereocenters. The summed E-state index contributed by atoms with van der Waals surface area (Å²) in [5.74, 6) is 0.124. The molecule has 4 heteroatoms. The second kappa shape index (κ2) is 6.79. The van der Waals surface area contributed by atoms with Gasteiger partial charge in [0.15, 0.2) is 6.10 Å². The lowest BCUT2D eigenvalue weighted by molar-refractivity contribution is -0.145. The van der Waals surface area contributed by atoms with Gasteiger partial charge in [0.1, 0.15) is 11.5 Å². The number of carbonyl (C=O) groups is 1. The second-order valence-electron chi connectivity index (χ2n) is 4.81. The fourth-order valence-corrected chi connectivity index (χ4v) is 1.96. The first kappa shape index (κ1) is 14.9. The number of ether oxygens (including phenoxy) is 2. The average molecular weight is 286 g/mol. The smallest absolute Gasteiger partial charge is 0.345 e. The number of hydrogen-bond donors (Lipinski definition) is 1. The maximum absolute atomic E-state index is 11.4. The zero-order valence-electron chi connectivity index (χ0n) is 12.1. The molecule has 0 aliphatic heterocycles. The van der Waals surface area contributed by atoms with Crippen molar-refractivity contribution in [1.82, 2.24) is 0 Å². The van der Waals surface area contributed by atoms with Crippen LogP contribution in [-0.2, 0) is 11.2 Å².